The third kappa shape index (κ3) is 3.59. The molecule has 0 atom stereocenters. The summed E-state index contributed by atoms with van der Waals surface area (Å²) in [7, 11) is -2.27. The molecular weight excluding hydrogens is 392 g/mol. The van der Waals surface area contributed by atoms with Gasteiger partial charge in [-0.15, -0.1) is 5.10 Å². The van der Waals surface area contributed by atoms with Crippen molar-refractivity contribution in [2.45, 2.75) is 25.3 Å². The number of sulfonamides is 1. The van der Waals surface area contributed by atoms with Gasteiger partial charge in [0.1, 0.15) is 17.8 Å². The van der Waals surface area contributed by atoms with Crippen LogP contribution in [-0.2, 0) is 16.6 Å². The fourth-order valence-electron chi connectivity index (χ4n) is 3.17. The molecule has 0 radical (unpaired) electrons. The minimum absolute atomic E-state index is 0.0981. The number of methoxy groups -OCH3 is 1. The van der Waals surface area contributed by atoms with Crippen LogP contribution in [0.1, 0.15) is 16.8 Å². The number of nitrogens with zero attached hydrogens (tertiary/aromatic N) is 4. The Morgan fingerprint density at radius 1 is 1.17 bits per heavy atom. The molecule has 2 aromatic heterocycles. The third-order valence-electron chi connectivity index (χ3n) is 4.90. The van der Waals surface area contributed by atoms with Crippen molar-refractivity contribution in [2.75, 3.05) is 7.11 Å². The van der Waals surface area contributed by atoms with E-state index in [1.807, 2.05) is 32.0 Å². The molecule has 10 heteroatoms. The molecule has 0 spiro atoms. The van der Waals surface area contributed by atoms with Crippen LogP contribution in [0.3, 0.4) is 0 Å². The maximum atomic E-state index is 12.8. The quantitative estimate of drug-likeness (QED) is 0.502. The average molecular weight is 412 g/mol. The molecule has 0 aliphatic rings. The van der Waals surface area contributed by atoms with Crippen molar-refractivity contribution < 1.29 is 13.2 Å². The van der Waals surface area contributed by atoms with Crippen LogP contribution in [0.15, 0.2) is 47.6 Å². The molecule has 29 heavy (non-hydrogen) atoms. The summed E-state index contributed by atoms with van der Waals surface area (Å²) in [5, 5.41) is 12.1. The second kappa shape index (κ2) is 7.30. The summed E-state index contributed by atoms with van der Waals surface area (Å²) in [4.78, 5) is 3.41. The van der Waals surface area contributed by atoms with Gasteiger partial charge in [-0.3, -0.25) is 0 Å². The predicted molar refractivity (Wildman–Crippen MR) is 108 cm³/mol. The molecule has 0 aliphatic carbocycles. The normalized spacial score (nSPS) is 11.8. The van der Waals surface area contributed by atoms with Crippen molar-refractivity contribution in [1.82, 2.24) is 29.9 Å². The highest BCUT2D eigenvalue weighted by Gasteiger charge is 2.18. The lowest BCUT2D eigenvalue weighted by molar-refractivity contribution is 0.410. The summed E-state index contributed by atoms with van der Waals surface area (Å²) in [6, 6.07) is 10.4. The van der Waals surface area contributed by atoms with Gasteiger partial charge >= 0.3 is 0 Å². The number of hydrogen-bond acceptors (Lipinski definition) is 6. The van der Waals surface area contributed by atoms with Crippen molar-refractivity contribution in [3.63, 3.8) is 0 Å². The van der Waals surface area contributed by atoms with Crippen LogP contribution in [0, 0.1) is 13.8 Å². The zero-order valence-corrected chi connectivity index (χ0v) is 17.0. The van der Waals surface area contributed by atoms with Crippen molar-refractivity contribution in [3.8, 4) is 11.4 Å². The van der Waals surface area contributed by atoms with E-state index < -0.39 is 10.0 Å². The van der Waals surface area contributed by atoms with E-state index in [2.05, 4.69) is 25.2 Å². The molecule has 9 nitrogen and oxygen atoms in total. The first-order valence-corrected chi connectivity index (χ1v) is 10.4. The van der Waals surface area contributed by atoms with Crippen LogP contribution in [-0.4, -0.2) is 40.7 Å². The lowest BCUT2D eigenvalue weighted by Crippen LogP contribution is -2.23. The van der Waals surface area contributed by atoms with Crippen molar-refractivity contribution in [1.29, 1.82) is 0 Å². The standard InChI is InChI=1S/C19H20N6O3S/c1-12-13(2)22-17-6-4-14(8-16(12)17)10-21-29(26,27)15-5-7-18(19(9-15)28-3)25-11-20-23-24-25/h4-9,11,21-22H,10H2,1-3H3. The summed E-state index contributed by atoms with van der Waals surface area (Å²) in [5.74, 6) is 0.347. The highest BCUT2D eigenvalue weighted by molar-refractivity contribution is 7.89. The molecule has 4 rings (SSSR count). The molecule has 2 aromatic carbocycles. The van der Waals surface area contributed by atoms with Crippen LogP contribution in [0.25, 0.3) is 16.6 Å². The van der Waals surface area contributed by atoms with E-state index >= 15 is 0 Å². The van der Waals surface area contributed by atoms with E-state index in [9.17, 15) is 8.42 Å². The van der Waals surface area contributed by atoms with Crippen molar-refractivity contribution in [3.05, 3.63) is 59.5 Å². The number of aromatic amines is 1. The second-order valence-corrected chi connectivity index (χ2v) is 8.43. The minimum Gasteiger partial charge on any atom is -0.494 e. The number of tetrazole rings is 1. The molecule has 0 saturated heterocycles. The van der Waals surface area contributed by atoms with Gasteiger partial charge in [0.15, 0.2) is 0 Å². The minimum atomic E-state index is -3.73. The van der Waals surface area contributed by atoms with Gasteiger partial charge in [0.2, 0.25) is 10.0 Å². The maximum Gasteiger partial charge on any atom is 0.241 e. The van der Waals surface area contributed by atoms with Crippen molar-refractivity contribution in [2.24, 2.45) is 0 Å². The molecule has 2 heterocycles. The van der Waals surface area contributed by atoms with E-state index in [1.165, 1.54) is 30.3 Å². The van der Waals surface area contributed by atoms with Gasteiger partial charge in [-0.25, -0.2) is 13.1 Å². The number of fused-ring (bicyclic) bond motifs is 1. The molecule has 2 N–H and O–H groups in total. The Morgan fingerprint density at radius 2 is 2.00 bits per heavy atom. The Bertz CT molecular complexity index is 1280. The van der Waals surface area contributed by atoms with E-state index in [1.54, 1.807) is 6.07 Å². The first-order valence-electron chi connectivity index (χ1n) is 8.88. The maximum absolute atomic E-state index is 12.8. The molecule has 0 aliphatic heterocycles. The number of nitrogens with one attached hydrogen (secondary N) is 2. The highest BCUT2D eigenvalue weighted by atomic mass is 32.2. The number of H-pyrrole nitrogens is 1. The van der Waals surface area contributed by atoms with Gasteiger partial charge < -0.3 is 9.72 Å². The summed E-state index contributed by atoms with van der Waals surface area (Å²) < 4.78 is 34.9. The molecule has 0 bridgehead atoms. The zero-order valence-electron chi connectivity index (χ0n) is 16.2. The van der Waals surface area contributed by atoms with Crippen LogP contribution in [0.2, 0.25) is 0 Å². The van der Waals surface area contributed by atoms with Crippen LogP contribution >= 0.6 is 0 Å². The van der Waals surface area contributed by atoms with Gasteiger partial charge in [-0.05, 0) is 59.7 Å². The molecule has 4 aromatic rings. The SMILES string of the molecule is COc1cc(S(=O)(=O)NCc2ccc3[nH]c(C)c(C)c3c2)ccc1-n1cnnn1. The van der Waals surface area contributed by atoms with Gasteiger partial charge in [0.25, 0.3) is 0 Å². The smallest absolute Gasteiger partial charge is 0.241 e. The van der Waals surface area contributed by atoms with E-state index in [0.717, 1.165) is 27.7 Å². The predicted octanol–water partition coefficient (Wildman–Crippen LogP) is 2.25. The molecular formula is C19H20N6O3S. The first-order chi connectivity index (χ1) is 13.9. The third-order valence-corrected chi connectivity index (χ3v) is 6.30. The molecule has 0 unspecified atom stereocenters. The summed E-state index contributed by atoms with van der Waals surface area (Å²) >= 11 is 0. The lowest BCUT2D eigenvalue weighted by atomic mass is 10.1. The summed E-state index contributed by atoms with van der Waals surface area (Å²) in [6.45, 7) is 4.24. The summed E-state index contributed by atoms with van der Waals surface area (Å²) in [5.41, 5.74) is 4.72. The second-order valence-electron chi connectivity index (χ2n) is 6.67. The van der Waals surface area contributed by atoms with E-state index in [0.29, 0.717) is 11.4 Å². The highest BCUT2D eigenvalue weighted by Crippen LogP contribution is 2.26. The fourth-order valence-corrected chi connectivity index (χ4v) is 4.20. The Labute approximate surface area is 167 Å². The van der Waals surface area contributed by atoms with Gasteiger partial charge in [0.05, 0.1) is 12.0 Å². The fraction of sp³-hybridized carbons (Fsp3) is 0.211. The first kappa shape index (κ1) is 19.1. The lowest BCUT2D eigenvalue weighted by Gasteiger charge is -2.11. The van der Waals surface area contributed by atoms with Crippen LogP contribution < -0.4 is 9.46 Å². The van der Waals surface area contributed by atoms with Gasteiger partial charge in [-0.2, -0.15) is 4.68 Å². The molecule has 0 fully saturated rings. The Hall–Kier alpha value is -3.24. The number of aryl methyl sites for hydroxylation is 2. The van der Waals surface area contributed by atoms with Gasteiger partial charge in [-0.1, -0.05) is 6.07 Å². The Balaban J connectivity index is 1.58. The number of ether oxygens (including phenoxy) is 1. The number of benzene rings is 2. The van der Waals surface area contributed by atoms with E-state index in [-0.39, 0.29) is 11.4 Å². The molecule has 0 saturated carbocycles. The summed E-state index contributed by atoms with van der Waals surface area (Å²) in [6.07, 6.45) is 1.41. The molecule has 150 valence electrons. The van der Waals surface area contributed by atoms with Crippen molar-refractivity contribution >= 4 is 20.9 Å². The zero-order chi connectivity index (χ0) is 20.6. The monoisotopic (exact) mass is 412 g/mol. The average Bonchev–Trinajstić information content (AvgIpc) is 3.35. The van der Waals surface area contributed by atoms with Gasteiger partial charge in [0, 0.05) is 29.2 Å². The van der Waals surface area contributed by atoms with E-state index in [4.69, 9.17) is 4.74 Å². The topological polar surface area (TPSA) is 115 Å². The molecule has 0 amide bonds. The number of rotatable bonds is 6. The van der Waals surface area contributed by atoms with Crippen LogP contribution in [0.5, 0.6) is 5.75 Å². The van der Waals surface area contributed by atoms with Crippen LogP contribution in [0.4, 0.5) is 0 Å². The Morgan fingerprint density at radius 3 is 2.72 bits per heavy atom. The Kier molecular flexibility index (Phi) is 4.81. The largest absolute Gasteiger partial charge is 0.494 e. The number of aromatic nitrogens is 5. The number of hydrogen-bond donors (Lipinski definition) is 2.